The normalized spacial score (nSPS) is 17.1. The molecule has 24 heavy (non-hydrogen) atoms. The largest absolute Gasteiger partial charge is 0.310 e. The van der Waals surface area contributed by atoms with Crippen molar-refractivity contribution >= 4 is 22.6 Å². The second-order valence-corrected chi connectivity index (χ2v) is 5.80. The summed E-state index contributed by atoms with van der Waals surface area (Å²) in [6.07, 6.45) is 7.96. The van der Waals surface area contributed by atoms with Crippen LogP contribution in [0.4, 0.5) is 5.82 Å². The lowest BCUT2D eigenvalue weighted by Gasteiger charge is -2.09. The molecule has 120 valence electrons. The summed E-state index contributed by atoms with van der Waals surface area (Å²) in [6, 6.07) is 5.85. The number of hydrogen-bond acceptors (Lipinski definition) is 5. The van der Waals surface area contributed by atoms with Crippen molar-refractivity contribution in [3.63, 3.8) is 0 Å². The summed E-state index contributed by atoms with van der Waals surface area (Å²) in [5, 5.41) is 19.7. The number of fused-ring (bicyclic) bond motifs is 1. The van der Waals surface area contributed by atoms with Crippen LogP contribution in [0.25, 0.3) is 16.6 Å². The molecule has 1 fully saturated rings. The number of nitrogens with one attached hydrogen (secondary N) is 2. The van der Waals surface area contributed by atoms with Gasteiger partial charge in [-0.25, -0.2) is 4.98 Å². The summed E-state index contributed by atoms with van der Waals surface area (Å²) in [5.74, 6) is 0.225. The Morgan fingerprint density at radius 1 is 1.46 bits per heavy atom. The molecule has 1 aliphatic rings. The van der Waals surface area contributed by atoms with Crippen molar-refractivity contribution in [2.45, 2.75) is 6.42 Å². The van der Waals surface area contributed by atoms with Crippen molar-refractivity contribution in [3.05, 3.63) is 36.9 Å². The summed E-state index contributed by atoms with van der Waals surface area (Å²) in [6.45, 7) is 1.10. The number of aromatic amines is 1. The number of H-pyrrole nitrogens is 1. The van der Waals surface area contributed by atoms with Gasteiger partial charge in [0.05, 0.1) is 29.5 Å². The fraction of sp³-hybridized carbons (Fsp3) is 0.250. The summed E-state index contributed by atoms with van der Waals surface area (Å²) in [5.41, 5.74) is 1.88. The van der Waals surface area contributed by atoms with Crippen LogP contribution >= 0.6 is 0 Å². The van der Waals surface area contributed by atoms with Crippen LogP contribution in [-0.2, 0) is 4.79 Å². The molecule has 3 aromatic rings. The molecule has 0 saturated carbocycles. The molecule has 0 radical (unpaired) electrons. The number of nitrogens with zero attached hydrogens (tertiary/aromatic N) is 5. The number of carbonyl (C=O) groups is 1. The number of anilines is 1. The summed E-state index contributed by atoms with van der Waals surface area (Å²) < 4.78 is 1.85. The molecular formula is C16H15N7O. The van der Waals surface area contributed by atoms with Gasteiger partial charge in [0, 0.05) is 18.5 Å². The number of amides is 1. The Labute approximate surface area is 137 Å². The quantitative estimate of drug-likeness (QED) is 0.712. The highest BCUT2D eigenvalue weighted by Gasteiger charge is 2.28. The highest BCUT2D eigenvalue weighted by atomic mass is 16.2. The zero-order valence-electron chi connectivity index (χ0n) is 12.8. The molecule has 1 saturated heterocycles. The number of aromatic nitrogens is 4. The maximum absolute atomic E-state index is 12.3. The predicted octanol–water partition coefficient (Wildman–Crippen LogP) is 1.49. The van der Waals surface area contributed by atoms with Gasteiger partial charge in [0.25, 0.3) is 0 Å². The predicted molar refractivity (Wildman–Crippen MR) is 87.1 cm³/mol. The number of nitriles is 1. The molecule has 1 aromatic carbocycles. The highest BCUT2D eigenvalue weighted by Crippen LogP contribution is 2.22. The third-order valence-electron chi connectivity index (χ3n) is 4.27. The van der Waals surface area contributed by atoms with Crippen molar-refractivity contribution in [1.29, 1.82) is 5.26 Å². The van der Waals surface area contributed by atoms with Crippen LogP contribution in [-0.4, -0.2) is 43.6 Å². The molecule has 3 heterocycles. The molecule has 4 rings (SSSR count). The Kier molecular flexibility index (Phi) is 3.39. The van der Waals surface area contributed by atoms with Crippen LogP contribution < -0.4 is 5.32 Å². The van der Waals surface area contributed by atoms with Crippen LogP contribution in [0.2, 0.25) is 0 Å². The first-order chi connectivity index (χ1) is 11.7. The minimum Gasteiger partial charge on any atom is -0.310 e. The van der Waals surface area contributed by atoms with Crippen molar-refractivity contribution < 1.29 is 4.79 Å². The van der Waals surface area contributed by atoms with Crippen LogP contribution in [0.5, 0.6) is 0 Å². The molecule has 0 bridgehead atoms. The van der Waals surface area contributed by atoms with Gasteiger partial charge in [-0.2, -0.15) is 10.4 Å². The second kappa shape index (κ2) is 5.70. The fourth-order valence-corrected chi connectivity index (χ4v) is 2.99. The fourth-order valence-electron chi connectivity index (χ4n) is 2.99. The lowest BCUT2D eigenvalue weighted by atomic mass is 10.1. The summed E-state index contributed by atoms with van der Waals surface area (Å²) in [4.78, 5) is 18.1. The zero-order chi connectivity index (χ0) is 16.5. The van der Waals surface area contributed by atoms with E-state index in [9.17, 15) is 4.79 Å². The van der Waals surface area contributed by atoms with Crippen molar-refractivity contribution in [2.24, 2.45) is 5.92 Å². The lowest BCUT2D eigenvalue weighted by Crippen LogP contribution is -2.25. The smallest absolute Gasteiger partial charge is 0.230 e. The number of likely N-dealkylation sites (tertiary alicyclic amines) is 1. The van der Waals surface area contributed by atoms with Crippen LogP contribution in [0.15, 0.2) is 36.9 Å². The maximum atomic E-state index is 12.3. The lowest BCUT2D eigenvalue weighted by molar-refractivity contribution is -0.119. The third kappa shape index (κ3) is 2.46. The molecule has 8 heteroatoms. The van der Waals surface area contributed by atoms with Crippen molar-refractivity contribution in [2.75, 3.05) is 18.4 Å². The summed E-state index contributed by atoms with van der Waals surface area (Å²) in [7, 11) is 0. The van der Waals surface area contributed by atoms with Crippen LogP contribution in [0, 0.1) is 17.4 Å². The third-order valence-corrected chi connectivity index (χ3v) is 4.27. The molecule has 0 spiro atoms. The Morgan fingerprint density at radius 2 is 2.38 bits per heavy atom. The topological polar surface area (TPSA) is 103 Å². The zero-order valence-corrected chi connectivity index (χ0v) is 12.8. The first-order valence-electron chi connectivity index (χ1n) is 7.66. The number of rotatable bonds is 3. The molecular weight excluding hydrogens is 306 g/mol. The highest BCUT2D eigenvalue weighted by molar-refractivity contribution is 5.92. The van der Waals surface area contributed by atoms with E-state index < -0.39 is 0 Å². The Morgan fingerprint density at radius 3 is 3.21 bits per heavy atom. The minimum atomic E-state index is -0.174. The van der Waals surface area contributed by atoms with Gasteiger partial charge in [0.15, 0.2) is 12.0 Å². The Bertz CT molecular complexity index is 935. The van der Waals surface area contributed by atoms with E-state index >= 15 is 0 Å². The van der Waals surface area contributed by atoms with Gasteiger partial charge >= 0.3 is 0 Å². The molecule has 2 aromatic heterocycles. The average molecular weight is 321 g/mol. The van der Waals surface area contributed by atoms with Crippen LogP contribution in [0.1, 0.15) is 6.42 Å². The van der Waals surface area contributed by atoms with Gasteiger partial charge in [-0.1, -0.05) is 6.07 Å². The first-order valence-corrected chi connectivity index (χ1v) is 7.66. The van der Waals surface area contributed by atoms with E-state index in [4.69, 9.17) is 5.26 Å². The van der Waals surface area contributed by atoms with Crippen LogP contribution in [0.3, 0.4) is 0 Å². The monoisotopic (exact) mass is 321 g/mol. The van der Waals surface area contributed by atoms with E-state index in [-0.39, 0.29) is 11.8 Å². The number of hydrogen-bond donors (Lipinski definition) is 2. The number of imidazole rings is 1. The average Bonchev–Trinajstić information content (AvgIpc) is 3.34. The molecule has 1 aliphatic heterocycles. The minimum absolute atomic E-state index is 0.0977. The SMILES string of the molecule is N#CN1CCC(C(=O)Nc2cn(-c3cccc4[nH]ncc34)cn2)C1. The molecule has 0 aliphatic carbocycles. The van der Waals surface area contributed by atoms with Gasteiger partial charge in [0.2, 0.25) is 5.91 Å². The molecule has 2 N–H and O–H groups in total. The van der Waals surface area contributed by atoms with Gasteiger partial charge in [-0.05, 0) is 18.6 Å². The molecule has 1 amide bonds. The van der Waals surface area contributed by atoms with Gasteiger partial charge in [-0.3, -0.25) is 9.89 Å². The van der Waals surface area contributed by atoms with Crippen molar-refractivity contribution in [1.82, 2.24) is 24.6 Å². The first kappa shape index (κ1) is 14.3. The van der Waals surface area contributed by atoms with E-state index in [0.717, 1.165) is 16.6 Å². The van der Waals surface area contributed by atoms with E-state index in [2.05, 4.69) is 26.7 Å². The Balaban J connectivity index is 1.52. The Hall–Kier alpha value is -3.34. The van der Waals surface area contributed by atoms with E-state index in [1.807, 2.05) is 22.8 Å². The molecule has 8 nitrogen and oxygen atoms in total. The molecule has 1 atom stereocenters. The van der Waals surface area contributed by atoms with E-state index in [1.54, 1.807) is 23.6 Å². The molecule has 1 unspecified atom stereocenters. The number of carbonyl (C=O) groups excluding carboxylic acids is 1. The number of benzene rings is 1. The standard InChI is InChI=1S/C16H15N7O/c17-9-22-5-4-11(7-22)16(24)20-15-8-23(10-18-15)14-3-1-2-13-12(14)6-19-21-13/h1-3,6,8,10-11H,4-5,7H2,(H,19,21)(H,20,24). The van der Waals surface area contributed by atoms with Gasteiger partial charge < -0.3 is 14.8 Å². The van der Waals surface area contributed by atoms with Gasteiger partial charge in [0.1, 0.15) is 6.33 Å². The van der Waals surface area contributed by atoms with E-state index in [1.165, 1.54) is 0 Å². The van der Waals surface area contributed by atoms with E-state index in [0.29, 0.717) is 25.3 Å². The second-order valence-electron chi connectivity index (χ2n) is 5.80. The maximum Gasteiger partial charge on any atom is 0.230 e. The van der Waals surface area contributed by atoms with Gasteiger partial charge in [-0.15, -0.1) is 0 Å². The summed E-state index contributed by atoms with van der Waals surface area (Å²) >= 11 is 0. The van der Waals surface area contributed by atoms with Crippen molar-refractivity contribution in [3.8, 4) is 11.9 Å².